The van der Waals surface area contributed by atoms with Gasteiger partial charge >= 0.3 is 0 Å². The molecule has 4 heteroatoms. The van der Waals surface area contributed by atoms with Crippen LogP contribution in [0.2, 0.25) is 0 Å². The van der Waals surface area contributed by atoms with E-state index in [9.17, 15) is 0 Å². The maximum Gasteiger partial charge on any atom is 0.233 e. The Kier molecular flexibility index (Phi) is 5.07. The van der Waals surface area contributed by atoms with Gasteiger partial charge in [-0.3, -0.25) is 0 Å². The normalized spacial score (nSPS) is 11.3. The van der Waals surface area contributed by atoms with Crippen molar-refractivity contribution in [1.29, 1.82) is 0 Å². The number of ether oxygens (including phenoxy) is 1. The van der Waals surface area contributed by atoms with Crippen LogP contribution in [0, 0.1) is 5.41 Å². The molecular formula is C16H21N3O. The first-order chi connectivity index (χ1) is 9.66. The number of nitrogens with one attached hydrogen (secondary N) is 1. The highest BCUT2D eigenvalue weighted by molar-refractivity contribution is 5.14. The molecule has 0 radical (unpaired) electrons. The van der Waals surface area contributed by atoms with Crippen molar-refractivity contribution in [2.24, 2.45) is 5.41 Å². The molecule has 0 amide bonds. The first kappa shape index (κ1) is 14.5. The Morgan fingerprint density at radius 3 is 2.60 bits per heavy atom. The van der Waals surface area contributed by atoms with Crippen LogP contribution in [-0.2, 0) is 6.54 Å². The van der Waals surface area contributed by atoms with Crippen molar-refractivity contribution >= 4 is 0 Å². The van der Waals surface area contributed by atoms with E-state index in [1.807, 2.05) is 18.2 Å². The lowest BCUT2D eigenvalue weighted by molar-refractivity contribution is 0.169. The summed E-state index contributed by atoms with van der Waals surface area (Å²) in [6, 6.07) is 14.0. The molecule has 0 fully saturated rings. The van der Waals surface area contributed by atoms with Crippen molar-refractivity contribution in [3.63, 3.8) is 0 Å². The highest BCUT2D eigenvalue weighted by Crippen LogP contribution is 2.16. The topological polar surface area (TPSA) is 47.0 Å². The first-order valence-electron chi connectivity index (χ1n) is 6.81. The van der Waals surface area contributed by atoms with E-state index in [0.717, 1.165) is 13.1 Å². The Morgan fingerprint density at radius 2 is 1.90 bits per heavy atom. The third-order valence-electron chi connectivity index (χ3n) is 2.93. The highest BCUT2D eigenvalue weighted by atomic mass is 16.5. The number of rotatable bonds is 7. The minimum absolute atomic E-state index is 0.0340. The van der Waals surface area contributed by atoms with Crippen LogP contribution in [-0.4, -0.2) is 23.3 Å². The minimum Gasteiger partial charge on any atom is -0.476 e. The van der Waals surface area contributed by atoms with Crippen molar-refractivity contribution in [2.75, 3.05) is 13.2 Å². The number of hydrogen-bond donors (Lipinski definition) is 1. The predicted octanol–water partition coefficient (Wildman–Crippen LogP) is 2.67. The molecule has 2 rings (SSSR count). The van der Waals surface area contributed by atoms with Crippen LogP contribution in [0.25, 0.3) is 0 Å². The van der Waals surface area contributed by atoms with E-state index in [-0.39, 0.29) is 5.41 Å². The van der Waals surface area contributed by atoms with E-state index in [4.69, 9.17) is 4.74 Å². The summed E-state index contributed by atoms with van der Waals surface area (Å²) in [6.07, 6.45) is 1.64. The molecule has 0 bridgehead atoms. The molecule has 0 aliphatic heterocycles. The molecule has 1 aromatic heterocycles. The highest BCUT2D eigenvalue weighted by Gasteiger charge is 2.18. The van der Waals surface area contributed by atoms with Gasteiger partial charge in [-0.15, -0.1) is 5.10 Å². The molecule has 0 spiro atoms. The summed E-state index contributed by atoms with van der Waals surface area (Å²) in [7, 11) is 0. The van der Waals surface area contributed by atoms with Crippen LogP contribution < -0.4 is 10.1 Å². The minimum atomic E-state index is 0.0340. The van der Waals surface area contributed by atoms with Crippen molar-refractivity contribution in [2.45, 2.75) is 20.4 Å². The molecule has 1 N–H and O–H groups in total. The van der Waals surface area contributed by atoms with Gasteiger partial charge in [0, 0.05) is 30.8 Å². The Bertz CT molecular complexity index is 500. The van der Waals surface area contributed by atoms with Crippen LogP contribution in [0.4, 0.5) is 0 Å². The van der Waals surface area contributed by atoms with Crippen molar-refractivity contribution in [1.82, 2.24) is 15.5 Å². The Balaban J connectivity index is 1.73. The third-order valence-corrected chi connectivity index (χ3v) is 2.93. The smallest absolute Gasteiger partial charge is 0.233 e. The summed E-state index contributed by atoms with van der Waals surface area (Å²) < 4.78 is 5.66. The molecule has 1 aromatic carbocycles. The van der Waals surface area contributed by atoms with Crippen LogP contribution >= 0.6 is 0 Å². The van der Waals surface area contributed by atoms with Gasteiger partial charge in [-0.2, -0.15) is 5.10 Å². The van der Waals surface area contributed by atoms with Crippen molar-refractivity contribution in [3.8, 4) is 5.88 Å². The van der Waals surface area contributed by atoms with Crippen LogP contribution in [0.5, 0.6) is 5.88 Å². The van der Waals surface area contributed by atoms with Crippen LogP contribution in [0.3, 0.4) is 0 Å². The van der Waals surface area contributed by atoms with Gasteiger partial charge in [0.15, 0.2) is 0 Å². The Labute approximate surface area is 120 Å². The van der Waals surface area contributed by atoms with Gasteiger partial charge in [-0.05, 0) is 11.6 Å². The molecule has 2 aromatic rings. The zero-order chi connectivity index (χ0) is 14.3. The molecule has 20 heavy (non-hydrogen) atoms. The lowest BCUT2D eigenvalue weighted by atomic mass is 9.95. The monoisotopic (exact) mass is 271 g/mol. The molecule has 4 nitrogen and oxygen atoms in total. The van der Waals surface area contributed by atoms with E-state index >= 15 is 0 Å². The molecule has 0 saturated carbocycles. The van der Waals surface area contributed by atoms with Gasteiger partial charge in [-0.25, -0.2) is 0 Å². The van der Waals surface area contributed by atoms with E-state index in [0.29, 0.717) is 12.5 Å². The fourth-order valence-corrected chi connectivity index (χ4v) is 1.83. The molecule has 0 aliphatic carbocycles. The summed E-state index contributed by atoms with van der Waals surface area (Å²) in [5, 5.41) is 11.2. The Morgan fingerprint density at radius 1 is 1.10 bits per heavy atom. The standard InChI is InChI=1S/C16H21N3O/c1-16(2,13-20-15-9-6-10-18-19-15)12-17-11-14-7-4-3-5-8-14/h3-10,17H,11-13H2,1-2H3. The van der Waals surface area contributed by atoms with Gasteiger partial charge in [0.25, 0.3) is 0 Å². The molecule has 106 valence electrons. The fraction of sp³-hybridized carbons (Fsp3) is 0.375. The summed E-state index contributed by atoms with van der Waals surface area (Å²) in [6.45, 7) is 6.69. The van der Waals surface area contributed by atoms with Gasteiger partial charge in [0.05, 0.1) is 6.61 Å². The Hall–Kier alpha value is -1.94. The first-order valence-corrected chi connectivity index (χ1v) is 6.81. The maximum absolute atomic E-state index is 5.66. The molecule has 1 heterocycles. The summed E-state index contributed by atoms with van der Waals surface area (Å²) in [4.78, 5) is 0. The maximum atomic E-state index is 5.66. The lowest BCUT2D eigenvalue weighted by Crippen LogP contribution is -2.34. The summed E-state index contributed by atoms with van der Waals surface area (Å²) in [5.74, 6) is 0.573. The molecule has 0 saturated heterocycles. The average Bonchev–Trinajstić information content (AvgIpc) is 2.47. The number of nitrogens with zero attached hydrogens (tertiary/aromatic N) is 2. The second-order valence-electron chi connectivity index (χ2n) is 5.60. The quantitative estimate of drug-likeness (QED) is 0.841. The van der Waals surface area contributed by atoms with Gasteiger partial charge in [-0.1, -0.05) is 44.2 Å². The van der Waals surface area contributed by atoms with E-state index in [2.05, 4.69) is 53.6 Å². The van der Waals surface area contributed by atoms with E-state index < -0.39 is 0 Å². The number of aromatic nitrogens is 2. The molecule has 0 aliphatic rings. The predicted molar refractivity (Wildman–Crippen MR) is 79.5 cm³/mol. The number of hydrogen-bond acceptors (Lipinski definition) is 4. The largest absolute Gasteiger partial charge is 0.476 e. The van der Waals surface area contributed by atoms with E-state index in [1.165, 1.54) is 5.56 Å². The zero-order valence-corrected chi connectivity index (χ0v) is 12.0. The second kappa shape index (κ2) is 7.01. The SMILES string of the molecule is CC(C)(CNCc1ccccc1)COc1cccnn1. The lowest BCUT2D eigenvalue weighted by Gasteiger charge is -2.24. The number of benzene rings is 1. The van der Waals surface area contributed by atoms with Crippen LogP contribution in [0.1, 0.15) is 19.4 Å². The molecule has 0 unspecified atom stereocenters. The summed E-state index contributed by atoms with van der Waals surface area (Å²) >= 11 is 0. The fourth-order valence-electron chi connectivity index (χ4n) is 1.83. The molecular weight excluding hydrogens is 250 g/mol. The molecule has 0 atom stereocenters. The third kappa shape index (κ3) is 4.97. The second-order valence-corrected chi connectivity index (χ2v) is 5.60. The van der Waals surface area contributed by atoms with Gasteiger partial charge in [0.1, 0.15) is 0 Å². The van der Waals surface area contributed by atoms with Crippen LogP contribution in [0.15, 0.2) is 48.7 Å². The zero-order valence-electron chi connectivity index (χ0n) is 12.0. The van der Waals surface area contributed by atoms with Gasteiger partial charge < -0.3 is 10.1 Å². The van der Waals surface area contributed by atoms with Crippen molar-refractivity contribution < 1.29 is 4.74 Å². The van der Waals surface area contributed by atoms with Gasteiger partial charge in [0.2, 0.25) is 5.88 Å². The van der Waals surface area contributed by atoms with Crippen molar-refractivity contribution in [3.05, 3.63) is 54.2 Å². The average molecular weight is 271 g/mol. The summed E-state index contributed by atoms with van der Waals surface area (Å²) in [5.41, 5.74) is 1.32. The van der Waals surface area contributed by atoms with E-state index in [1.54, 1.807) is 6.20 Å².